The molecule has 5 rings (SSSR count). The van der Waals surface area contributed by atoms with Crippen LogP contribution in [0.5, 0.6) is 0 Å². The van der Waals surface area contributed by atoms with Crippen LogP contribution in [-0.2, 0) is 26.3 Å². The zero-order valence-electron chi connectivity index (χ0n) is 22.7. The van der Waals surface area contributed by atoms with E-state index in [4.69, 9.17) is 9.32 Å². The highest BCUT2D eigenvalue weighted by atomic mass is 32.2. The second kappa shape index (κ2) is 8.65. The quantitative estimate of drug-likeness (QED) is 0.495. The highest BCUT2D eigenvalue weighted by Crippen LogP contribution is 2.67. The smallest absolute Gasteiger partial charge is 0.333 e. The van der Waals surface area contributed by atoms with Gasteiger partial charge >= 0.3 is 10.3 Å². The summed E-state index contributed by atoms with van der Waals surface area (Å²) in [6, 6.07) is 8.91. The van der Waals surface area contributed by atoms with E-state index in [1.165, 1.54) is 16.7 Å². The molecule has 0 heterocycles. The third kappa shape index (κ3) is 4.40. The third-order valence-electron chi connectivity index (χ3n) is 11.0. The average molecular weight is 516 g/mol. The van der Waals surface area contributed by atoms with Crippen molar-refractivity contribution < 1.29 is 17.7 Å². The zero-order chi connectivity index (χ0) is 26.1. The van der Waals surface area contributed by atoms with E-state index >= 15 is 0 Å². The Kier molecular flexibility index (Phi) is 6.35. The third-order valence-corrected chi connectivity index (χ3v) is 11.5. The van der Waals surface area contributed by atoms with Crippen LogP contribution >= 0.6 is 0 Å². The summed E-state index contributed by atoms with van der Waals surface area (Å²) in [5, 5.41) is 17.3. The summed E-state index contributed by atoms with van der Waals surface area (Å²) >= 11 is 0. The fraction of sp³-hybridized carbons (Fsp3) is 0.733. The van der Waals surface area contributed by atoms with Gasteiger partial charge in [-0.1, -0.05) is 70.5 Å². The second-order valence-electron chi connectivity index (χ2n) is 13.9. The van der Waals surface area contributed by atoms with Crippen molar-refractivity contribution in [2.45, 2.75) is 110 Å². The summed E-state index contributed by atoms with van der Waals surface area (Å²) in [5.41, 5.74) is 3.40. The molecule has 6 heteroatoms. The van der Waals surface area contributed by atoms with Gasteiger partial charge in [0.15, 0.2) is 0 Å². The number of hydrogen-bond acceptors (Lipinski definition) is 4. The lowest BCUT2D eigenvalue weighted by molar-refractivity contribution is -0.123. The normalized spacial score (nSPS) is 40.7. The topological polar surface area (TPSA) is 89.6 Å². The summed E-state index contributed by atoms with van der Waals surface area (Å²) in [7, 11) is -3.93. The number of nitrogens with two attached hydrogens (primary N) is 1. The standard InChI is InChI=1S/C30H45NO4S/c1-27(2,3)21-8-6-20(7-9-21)19-30(32)17-14-26-24-11-10-22-18-23(35-36(31,33)34)12-15-28(22,4)25(24)13-16-29(26,30)5/h6-10,23-26,32H,11-19H2,1-5H3,(H2,31,33,34)/t23?,24-,25+,26+,28+,29+,30-/m1/s1. The Morgan fingerprint density at radius 3 is 2.33 bits per heavy atom. The monoisotopic (exact) mass is 515 g/mol. The zero-order valence-corrected chi connectivity index (χ0v) is 23.5. The van der Waals surface area contributed by atoms with Gasteiger partial charge in [0.2, 0.25) is 0 Å². The first-order chi connectivity index (χ1) is 16.6. The van der Waals surface area contributed by atoms with Crippen molar-refractivity contribution in [3.63, 3.8) is 0 Å². The molecule has 1 aromatic carbocycles. The molecule has 3 N–H and O–H groups in total. The molecule has 5 nitrogen and oxygen atoms in total. The van der Waals surface area contributed by atoms with Gasteiger partial charge in [0, 0.05) is 6.42 Å². The van der Waals surface area contributed by atoms with Gasteiger partial charge in [0.05, 0.1) is 11.7 Å². The Balaban J connectivity index is 1.35. The van der Waals surface area contributed by atoms with Crippen LogP contribution in [0.2, 0.25) is 0 Å². The molecule has 7 atom stereocenters. The predicted molar refractivity (Wildman–Crippen MR) is 143 cm³/mol. The van der Waals surface area contributed by atoms with Gasteiger partial charge in [-0.2, -0.15) is 8.42 Å². The molecule has 0 amide bonds. The van der Waals surface area contributed by atoms with Gasteiger partial charge in [-0.15, -0.1) is 0 Å². The minimum atomic E-state index is -3.93. The Labute approximate surface area is 218 Å². The lowest BCUT2D eigenvalue weighted by Crippen LogP contribution is -2.55. The number of aliphatic hydroxyl groups is 1. The molecule has 0 spiro atoms. The van der Waals surface area contributed by atoms with Crippen LogP contribution in [-0.4, -0.2) is 25.2 Å². The largest absolute Gasteiger partial charge is 0.389 e. The van der Waals surface area contributed by atoms with Gasteiger partial charge in [-0.3, -0.25) is 4.18 Å². The van der Waals surface area contributed by atoms with Gasteiger partial charge in [0.25, 0.3) is 0 Å². The van der Waals surface area contributed by atoms with E-state index in [0.29, 0.717) is 24.2 Å². The first-order valence-corrected chi connectivity index (χ1v) is 15.3. The summed E-state index contributed by atoms with van der Waals surface area (Å²) < 4.78 is 28.2. The average Bonchev–Trinajstić information content (AvgIpc) is 3.03. The number of benzene rings is 1. The van der Waals surface area contributed by atoms with Crippen LogP contribution in [0.4, 0.5) is 0 Å². The molecule has 1 unspecified atom stereocenters. The first kappa shape index (κ1) is 26.4. The van der Waals surface area contributed by atoms with E-state index in [2.05, 4.69) is 65.0 Å². The first-order valence-electron chi connectivity index (χ1n) is 13.9. The van der Waals surface area contributed by atoms with Crippen molar-refractivity contribution in [2.75, 3.05) is 0 Å². The van der Waals surface area contributed by atoms with Crippen LogP contribution in [0, 0.1) is 28.6 Å². The van der Waals surface area contributed by atoms with Crippen LogP contribution < -0.4 is 5.14 Å². The number of allylic oxidation sites excluding steroid dienone is 1. The highest BCUT2D eigenvalue weighted by molar-refractivity contribution is 7.84. The number of fused-ring (bicyclic) bond motifs is 5. The summed E-state index contributed by atoms with van der Waals surface area (Å²) in [5.74, 6) is 1.67. The molecule has 0 aromatic heterocycles. The molecule has 36 heavy (non-hydrogen) atoms. The van der Waals surface area contributed by atoms with E-state index in [-0.39, 0.29) is 22.3 Å². The Hall–Kier alpha value is -1.21. The van der Waals surface area contributed by atoms with Crippen LogP contribution in [0.25, 0.3) is 0 Å². The van der Waals surface area contributed by atoms with Crippen molar-refractivity contribution in [1.29, 1.82) is 0 Å². The minimum Gasteiger partial charge on any atom is -0.389 e. The highest BCUT2D eigenvalue weighted by Gasteiger charge is 2.63. The number of hydrogen-bond donors (Lipinski definition) is 2. The maximum atomic E-state index is 12.2. The minimum absolute atomic E-state index is 0.0769. The number of rotatable bonds is 4. The van der Waals surface area contributed by atoms with E-state index in [1.807, 2.05) is 0 Å². The van der Waals surface area contributed by atoms with Crippen molar-refractivity contribution in [3.8, 4) is 0 Å². The van der Waals surface area contributed by atoms with Crippen LogP contribution in [0.15, 0.2) is 35.9 Å². The molecule has 200 valence electrons. The SMILES string of the molecule is CC(C)(C)c1ccc(C[C@]2(O)CC[C@H]3[C@@H]4CC=C5CC(OS(N)(=O)=O)CC[C@]5(C)[C@H]4CC[C@@]32C)cc1. The molecule has 0 saturated heterocycles. The lowest BCUT2D eigenvalue weighted by atomic mass is 9.46. The van der Waals surface area contributed by atoms with Crippen LogP contribution in [0.3, 0.4) is 0 Å². The van der Waals surface area contributed by atoms with Gasteiger partial charge in [0.1, 0.15) is 0 Å². The fourth-order valence-electron chi connectivity index (χ4n) is 8.76. The summed E-state index contributed by atoms with van der Waals surface area (Å²) in [6.45, 7) is 11.5. The molecule has 3 saturated carbocycles. The van der Waals surface area contributed by atoms with E-state index in [1.54, 1.807) is 0 Å². The summed E-state index contributed by atoms with van der Waals surface area (Å²) in [4.78, 5) is 0. The Bertz CT molecular complexity index is 1140. The summed E-state index contributed by atoms with van der Waals surface area (Å²) in [6.07, 6.45) is 10.2. The second-order valence-corrected chi connectivity index (χ2v) is 15.0. The van der Waals surface area contributed by atoms with E-state index in [0.717, 1.165) is 51.4 Å². The molecular weight excluding hydrogens is 470 g/mol. The molecule has 4 aliphatic carbocycles. The van der Waals surface area contributed by atoms with Crippen molar-refractivity contribution >= 4 is 10.3 Å². The molecule has 1 aromatic rings. The predicted octanol–water partition coefficient (Wildman–Crippen LogP) is 5.81. The molecular formula is C30H45NO4S. The van der Waals surface area contributed by atoms with E-state index < -0.39 is 15.9 Å². The van der Waals surface area contributed by atoms with Crippen LogP contribution in [0.1, 0.15) is 97.1 Å². The molecule has 4 aliphatic rings. The Morgan fingerprint density at radius 1 is 1.03 bits per heavy atom. The molecule has 0 bridgehead atoms. The maximum absolute atomic E-state index is 12.2. The molecule has 0 aliphatic heterocycles. The van der Waals surface area contributed by atoms with Gasteiger partial charge in [-0.05, 0) is 96.5 Å². The molecule has 0 radical (unpaired) electrons. The lowest BCUT2D eigenvalue weighted by Gasteiger charge is -2.59. The van der Waals surface area contributed by atoms with Crippen molar-refractivity contribution in [2.24, 2.45) is 33.7 Å². The van der Waals surface area contributed by atoms with Gasteiger partial charge < -0.3 is 5.11 Å². The Morgan fingerprint density at radius 2 is 1.69 bits per heavy atom. The van der Waals surface area contributed by atoms with Crippen molar-refractivity contribution in [3.05, 3.63) is 47.0 Å². The maximum Gasteiger partial charge on any atom is 0.333 e. The van der Waals surface area contributed by atoms with E-state index in [9.17, 15) is 13.5 Å². The fourth-order valence-corrected chi connectivity index (χ4v) is 9.30. The molecule has 3 fully saturated rings. The van der Waals surface area contributed by atoms with Gasteiger partial charge in [-0.25, -0.2) is 5.14 Å². The van der Waals surface area contributed by atoms with Crippen molar-refractivity contribution in [1.82, 2.24) is 0 Å².